The van der Waals surface area contributed by atoms with Crippen molar-refractivity contribution in [1.82, 2.24) is 30.4 Å². The predicted octanol–water partition coefficient (Wildman–Crippen LogP) is 5.25. The molecule has 3 N–H and O–H groups in total. The smallest absolute Gasteiger partial charge is 0.310 e. The fourth-order valence-corrected chi connectivity index (χ4v) is 7.18. The molecular weight excluding hydrogens is 646 g/mol. The summed E-state index contributed by atoms with van der Waals surface area (Å²) in [5.74, 6) is 0.904. The summed E-state index contributed by atoms with van der Waals surface area (Å²) in [7, 11) is 1.88. The SMILES string of the molecule is CNCCNCC(=O)N1Cc2nc(-c3cccc(-c4cccc(-c5nc6cc(CN7CC[C@@](C)(C(=O)O)C7)cc(C#N)c6o5)c4C)c3C)oc2C1. The molecule has 7 rings (SSSR count). The molecule has 0 unspecified atom stereocenters. The maximum Gasteiger partial charge on any atom is 0.310 e. The van der Waals surface area contributed by atoms with Gasteiger partial charge in [0, 0.05) is 37.3 Å². The monoisotopic (exact) mass is 687 g/mol. The second-order valence-electron chi connectivity index (χ2n) is 13.8. The van der Waals surface area contributed by atoms with Gasteiger partial charge < -0.3 is 29.5 Å². The van der Waals surface area contributed by atoms with Gasteiger partial charge in [-0.15, -0.1) is 0 Å². The number of amides is 1. The number of carbonyl (C=O) groups is 2. The van der Waals surface area contributed by atoms with Crippen LogP contribution in [0.25, 0.3) is 45.1 Å². The minimum Gasteiger partial charge on any atom is -0.481 e. The number of likely N-dealkylation sites (tertiary alicyclic amines) is 1. The van der Waals surface area contributed by atoms with E-state index in [0.29, 0.717) is 73.3 Å². The topological polar surface area (TPSA) is 161 Å². The molecule has 51 heavy (non-hydrogen) atoms. The van der Waals surface area contributed by atoms with Crippen molar-refractivity contribution in [3.63, 3.8) is 0 Å². The summed E-state index contributed by atoms with van der Waals surface area (Å²) in [5, 5.41) is 25.9. The Hall–Kier alpha value is -5.35. The lowest BCUT2D eigenvalue weighted by Gasteiger charge is -2.20. The summed E-state index contributed by atoms with van der Waals surface area (Å²) < 4.78 is 12.5. The molecule has 0 aliphatic carbocycles. The van der Waals surface area contributed by atoms with E-state index in [4.69, 9.17) is 18.8 Å². The van der Waals surface area contributed by atoms with E-state index in [1.807, 2.05) is 50.4 Å². The van der Waals surface area contributed by atoms with E-state index in [9.17, 15) is 20.0 Å². The zero-order valence-electron chi connectivity index (χ0n) is 29.3. The van der Waals surface area contributed by atoms with Gasteiger partial charge in [0.2, 0.25) is 17.7 Å². The van der Waals surface area contributed by atoms with Gasteiger partial charge in [-0.1, -0.05) is 24.3 Å². The van der Waals surface area contributed by atoms with Crippen molar-refractivity contribution >= 4 is 23.0 Å². The minimum absolute atomic E-state index is 0.0184. The summed E-state index contributed by atoms with van der Waals surface area (Å²) in [6.45, 7) is 10.1. The van der Waals surface area contributed by atoms with Crippen molar-refractivity contribution in [3.8, 4) is 40.1 Å². The predicted molar refractivity (Wildman–Crippen MR) is 191 cm³/mol. The van der Waals surface area contributed by atoms with Crippen molar-refractivity contribution < 1.29 is 23.5 Å². The first-order valence-corrected chi connectivity index (χ1v) is 17.2. The third kappa shape index (κ3) is 6.52. The van der Waals surface area contributed by atoms with Crippen molar-refractivity contribution in [2.24, 2.45) is 5.41 Å². The van der Waals surface area contributed by atoms with E-state index in [1.165, 1.54) is 0 Å². The number of hydrogen-bond donors (Lipinski definition) is 3. The number of fused-ring (bicyclic) bond motifs is 2. The summed E-state index contributed by atoms with van der Waals surface area (Å²) in [6.07, 6.45) is 0.582. The molecule has 5 aromatic rings. The molecule has 1 amide bonds. The van der Waals surface area contributed by atoms with Crippen LogP contribution in [0.15, 0.2) is 57.4 Å². The fraction of sp³-hybridized carbons (Fsp3) is 0.359. The van der Waals surface area contributed by atoms with Crippen LogP contribution in [0, 0.1) is 30.6 Å². The standard InChI is InChI=1S/C39H41N7O5/c1-23-27(7-5-9-29(23)36-44-32-20-46(21-33(32)50-36)34(47)18-42-13-12-41-4)28-8-6-10-30(24(28)2)37-43-31-16-25(15-26(17-40)35(31)51-37)19-45-14-11-39(3,22-45)38(48)49/h5-10,15-16,41-42H,11-14,18-22H2,1-4H3,(H,48,49)/t39-/m1/s1. The van der Waals surface area contributed by atoms with E-state index in [1.54, 1.807) is 11.8 Å². The average Bonchev–Trinajstić information content (AvgIpc) is 3.90. The molecule has 1 fully saturated rings. The largest absolute Gasteiger partial charge is 0.481 e. The Bertz CT molecular complexity index is 2170. The maximum atomic E-state index is 12.7. The van der Waals surface area contributed by atoms with E-state index < -0.39 is 11.4 Å². The van der Waals surface area contributed by atoms with Gasteiger partial charge in [-0.25, -0.2) is 9.97 Å². The Morgan fingerprint density at radius 1 is 0.980 bits per heavy atom. The van der Waals surface area contributed by atoms with Gasteiger partial charge in [0.05, 0.1) is 30.6 Å². The molecule has 2 aliphatic heterocycles. The molecule has 1 atom stereocenters. The highest BCUT2D eigenvalue weighted by atomic mass is 16.4. The molecule has 0 spiro atoms. The van der Waals surface area contributed by atoms with Crippen molar-refractivity contribution in [3.05, 3.63) is 82.2 Å². The molecule has 12 nitrogen and oxygen atoms in total. The van der Waals surface area contributed by atoms with Crippen molar-refractivity contribution in [1.29, 1.82) is 5.26 Å². The van der Waals surface area contributed by atoms with Crippen LogP contribution < -0.4 is 10.6 Å². The van der Waals surface area contributed by atoms with Crippen molar-refractivity contribution in [2.75, 3.05) is 39.8 Å². The van der Waals surface area contributed by atoms with Gasteiger partial charge in [0.25, 0.3) is 0 Å². The number of likely N-dealkylation sites (N-methyl/N-ethyl adjacent to an activating group) is 1. The molecule has 2 aromatic heterocycles. The zero-order valence-corrected chi connectivity index (χ0v) is 29.3. The van der Waals surface area contributed by atoms with Crippen LogP contribution in [0.2, 0.25) is 0 Å². The lowest BCUT2D eigenvalue weighted by Crippen LogP contribution is -2.37. The number of carbonyl (C=O) groups excluding carboxylic acids is 1. The highest BCUT2D eigenvalue weighted by Crippen LogP contribution is 2.39. The lowest BCUT2D eigenvalue weighted by atomic mass is 9.90. The first kappa shape index (κ1) is 34.1. The number of nitriles is 1. The molecule has 0 radical (unpaired) electrons. The number of carboxylic acid groups (broad SMARTS) is 1. The maximum absolute atomic E-state index is 12.7. The molecule has 12 heteroatoms. The number of rotatable bonds is 11. The average molecular weight is 688 g/mol. The molecule has 0 saturated carbocycles. The first-order valence-electron chi connectivity index (χ1n) is 17.2. The third-order valence-corrected chi connectivity index (χ3v) is 10.2. The lowest BCUT2D eigenvalue weighted by molar-refractivity contribution is -0.147. The molecule has 262 valence electrons. The van der Waals surface area contributed by atoms with Crippen LogP contribution >= 0.6 is 0 Å². The van der Waals surface area contributed by atoms with Crippen LogP contribution in [-0.4, -0.2) is 76.5 Å². The number of hydrogen-bond acceptors (Lipinski definition) is 10. The van der Waals surface area contributed by atoms with E-state index in [-0.39, 0.29) is 12.5 Å². The Labute approximate surface area is 296 Å². The van der Waals surface area contributed by atoms with Crippen LogP contribution in [0.3, 0.4) is 0 Å². The Kier molecular flexibility index (Phi) is 9.20. The van der Waals surface area contributed by atoms with Crippen LogP contribution in [-0.2, 0) is 29.2 Å². The van der Waals surface area contributed by atoms with Gasteiger partial charge in [0.15, 0.2) is 5.58 Å². The van der Waals surface area contributed by atoms with Gasteiger partial charge in [-0.2, -0.15) is 5.26 Å². The second-order valence-corrected chi connectivity index (χ2v) is 13.8. The van der Waals surface area contributed by atoms with Crippen LogP contribution in [0.5, 0.6) is 0 Å². The summed E-state index contributed by atoms with van der Waals surface area (Å²) in [6, 6.07) is 18.1. The third-order valence-electron chi connectivity index (χ3n) is 10.2. The number of benzene rings is 3. The van der Waals surface area contributed by atoms with E-state index in [0.717, 1.165) is 57.7 Å². The summed E-state index contributed by atoms with van der Waals surface area (Å²) in [5.41, 5.74) is 8.02. The molecular formula is C39H41N7O5. The molecule has 4 heterocycles. The second kappa shape index (κ2) is 13.8. The number of nitrogens with one attached hydrogen (secondary N) is 2. The molecule has 3 aromatic carbocycles. The normalized spacial score (nSPS) is 17.3. The summed E-state index contributed by atoms with van der Waals surface area (Å²) in [4.78, 5) is 38.0. The van der Waals surface area contributed by atoms with Gasteiger partial charge >= 0.3 is 5.97 Å². The molecule has 1 saturated heterocycles. The van der Waals surface area contributed by atoms with E-state index in [2.05, 4.69) is 40.7 Å². The Morgan fingerprint density at radius 3 is 2.29 bits per heavy atom. The number of oxazole rings is 2. The number of aromatic nitrogens is 2. The van der Waals surface area contributed by atoms with Gasteiger partial charge in [-0.3, -0.25) is 14.5 Å². The summed E-state index contributed by atoms with van der Waals surface area (Å²) >= 11 is 0. The Balaban J connectivity index is 1.13. The van der Waals surface area contributed by atoms with Crippen LogP contribution in [0.4, 0.5) is 0 Å². The highest BCUT2D eigenvalue weighted by Gasteiger charge is 2.40. The van der Waals surface area contributed by atoms with Gasteiger partial charge in [0.1, 0.15) is 23.0 Å². The van der Waals surface area contributed by atoms with Crippen LogP contribution in [0.1, 0.15) is 47.1 Å². The Morgan fingerprint density at radius 2 is 1.67 bits per heavy atom. The highest BCUT2D eigenvalue weighted by molar-refractivity contribution is 5.85. The van der Waals surface area contributed by atoms with Crippen molar-refractivity contribution in [2.45, 2.75) is 46.8 Å². The molecule has 2 aliphatic rings. The quantitative estimate of drug-likeness (QED) is 0.156. The minimum atomic E-state index is -0.787. The number of nitrogens with zero attached hydrogens (tertiary/aromatic N) is 5. The van der Waals surface area contributed by atoms with E-state index >= 15 is 0 Å². The zero-order chi connectivity index (χ0) is 35.9. The first-order chi connectivity index (χ1) is 24.6. The molecule has 0 bridgehead atoms. The van der Waals surface area contributed by atoms with Gasteiger partial charge in [-0.05, 0) is 92.9 Å². The number of carboxylic acids is 1. The number of aliphatic carboxylic acids is 1. The fourth-order valence-electron chi connectivity index (χ4n) is 7.18.